The number of hydrogen-bond acceptors (Lipinski definition) is 3. The van der Waals surface area contributed by atoms with Crippen LogP contribution >= 0.6 is 11.9 Å². The molecule has 0 aliphatic heterocycles. The molecule has 3 heteroatoms. The summed E-state index contributed by atoms with van der Waals surface area (Å²) in [6.07, 6.45) is 5.33. The highest BCUT2D eigenvalue weighted by Gasteiger charge is 2.33. The predicted molar refractivity (Wildman–Crippen MR) is 67.4 cm³/mol. The van der Waals surface area contributed by atoms with Gasteiger partial charge in [-0.05, 0) is 43.3 Å². The smallest absolute Gasteiger partial charge is 0.140 e. The molecule has 0 radical (unpaired) electrons. The molecule has 0 bridgehead atoms. The van der Waals surface area contributed by atoms with Gasteiger partial charge >= 0.3 is 0 Å². The minimum atomic E-state index is -0.285. The average molecular weight is 235 g/mol. The Labute approximate surface area is 101 Å². The molecule has 1 aliphatic rings. The number of carbonyl (C=O) groups is 1. The molecule has 0 spiro atoms. The minimum Gasteiger partial charge on any atom is -0.301 e. The Hall–Kier alpha value is -0.800. The van der Waals surface area contributed by atoms with Gasteiger partial charge in [-0.3, -0.25) is 0 Å². The van der Waals surface area contributed by atoms with Crippen LogP contribution in [0.4, 0.5) is 0 Å². The van der Waals surface area contributed by atoms with Crippen molar-refractivity contribution in [2.75, 3.05) is 0 Å². The summed E-state index contributed by atoms with van der Waals surface area (Å²) in [4.78, 5) is 12.4. The van der Waals surface area contributed by atoms with Gasteiger partial charge in [0.2, 0.25) is 0 Å². The second-order valence-electron chi connectivity index (χ2n) is 4.45. The van der Waals surface area contributed by atoms with E-state index >= 15 is 0 Å². The number of benzene rings is 1. The third-order valence-corrected chi connectivity index (χ3v) is 4.37. The fourth-order valence-corrected chi connectivity index (χ4v) is 3.02. The lowest BCUT2D eigenvalue weighted by Gasteiger charge is -2.23. The fraction of sp³-hybridized carbons (Fsp3) is 0.462. The van der Waals surface area contributed by atoms with Crippen molar-refractivity contribution in [2.24, 2.45) is 0 Å². The molecule has 1 fully saturated rings. The lowest BCUT2D eigenvalue weighted by atomic mass is 10.0. The van der Waals surface area contributed by atoms with Gasteiger partial charge in [-0.2, -0.15) is 0 Å². The minimum absolute atomic E-state index is 0.285. The zero-order valence-electron chi connectivity index (χ0n) is 9.53. The molecule has 1 saturated carbocycles. The Kier molecular flexibility index (Phi) is 3.66. The van der Waals surface area contributed by atoms with Crippen LogP contribution < -0.4 is 4.72 Å². The van der Waals surface area contributed by atoms with Gasteiger partial charge in [-0.25, -0.2) is 4.72 Å². The molecule has 0 saturated heterocycles. The highest BCUT2D eigenvalue weighted by Crippen LogP contribution is 2.31. The normalized spacial score (nSPS) is 18.6. The van der Waals surface area contributed by atoms with Crippen LogP contribution in [0.5, 0.6) is 0 Å². The zero-order chi connectivity index (χ0) is 11.4. The maximum absolute atomic E-state index is 11.2. The SMILES string of the molecule is Cc1ccccc1SNC1(C=O)CCCC1. The topological polar surface area (TPSA) is 29.1 Å². The lowest BCUT2D eigenvalue weighted by molar-refractivity contribution is -0.112. The molecule has 0 amide bonds. The number of nitrogens with one attached hydrogen (secondary N) is 1. The van der Waals surface area contributed by atoms with E-state index < -0.39 is 0 Å². The second-order valence-corrected chi connectivity index (χ2v) is 5.30. The van der Waals surface area contributed by atoms with Gasteiger partial charge in [0.05, 0.1) is 5.54 Å². The fourth-order valence-electron chi connectivity index (χ4n) is 2.08. The Bertz CT molecular complexity index is 372. The largest absolute Gasteiger partial charge is 0.301 e. The van der Waals surface area contributed by atoms with Crippen molar-refractivity contribution in [3.63, 3.8) is 0 Å². The Morgan fingerprint density at radius 1 is 1.31 bits per heavy atom. The first-order valence-corrected chi connectivity index (χ1v) is 6.53. The van der Waals surface area contributed by atoms with Crippen LogP contribution in [-0.4, -0.2) is 11.8 Å². The van der Waals surface area contributed by atoms with Crippen molar-refractivity contribution in [1.82, 2.24) is 4.72 Å². The van der Waals surface area contributed by atoms with E-state index in [4.69, 9.17) is 0 Å². The molecule has 2 rings (SSSR count). The molecule has 1 aromatic rings. The summed E-state index contributed by atoms with van der Waals surface area (Å²) in [7, 11) is 0. The van der Waals surface area contributed by atoms with E-state index in [1.165, 1.54) is 10.5 Å². The van der Waals surface area contributed by atoms with E-state index in [1.807, 2.05) is 12.1 Å². The van der Waals surface area contributed by atoms with Crippen LogP contribution in [0, 0.1) is 6.92 Å². The monoisotopic (exact) mass is 235 g/mol. The third kappa shape index (κ3) is 2.47. The summed E-state index contributed by atoms with van der Waals surface area (Å²) in [5.41, 5.74) is 0.964. The Balaban J connectivity index is 2.01. The van der Waals surface area contributed by atoms with Crippen molar-refractivity contribution in [2.45, 2.75) is 43.0 Å². The summed E-state index contributed by atoms with van der Waals surface area (Å²) >= 11 is 1.59. The number of carbonyl (C=O) groups excluding carboxylic acids is 1. The number of aryl methyl sites for hydroxylation is 1. The molecule has 1 aromatic carbocycles. The quantitative estimate of drug-likeness (QED) is 0.642. The lowest BCUT2D eigenvalue weighted by Crippen LogP contribution is -2.39. The first-order chi connectivity index (χ1) is 7.76. The summed E-state index contributed by atoms with van der Waals surface area (Å²) in [6, 6.07) is 8.23. The molecule has 16 heavy (non-hydrogen) atoms. The molecule has 86 valence electrons. The van der Waals surface area contributed by atoms with Crippen molar-refractivity contribution in [1.29, 1.82) is 0 Å². The van der Waals surface area contributed by atoms with Gasteiger partial charge in [-0.1, -0.05) is 31.0 Å². The van der Waals surface area contributed by atoms with Gasteiger partial charge in [-0.15, -0.1) is 0 Å². The first-order valence-electron chi connectivity index (χ1n) is 5.72. The van der Waals surface area contributed by atoms with Gasteiger partial charge in [0.15, 0.2) is 0 Å². The van der Waals surface area contributed by atoms with E-state index in [0.29, 0.717) is 0 Å². The van der Waals surface area contributed by atoms with Crippen LogP contribution in [0.25, 0.3) is 0 Å². The predicted octanol–water partition coefficient (Wildman–Crippen LogP) is 3.10. The van der Waals surface area contributed by atoms with E-state index in [0.717, 1.165) is 32.0 Å². The van der Waals surface area contributed by atoms with Crippen molar-refractivity contribution in [3.05, 3.63) is 29.8 Å². The summed E-state index contributed by atoms with van der Waals surface area (Å²) in [5.74, 6) is 0. The highest BCUT2D eigenvalue weighted by molar-refractivity contribution is 7.97. The summed E-state index contributed by atoms with van der Waals surface area (Å²) < 4.78 is 3.35. The van der Waals surface area contributed by atoms with Crippen molar-refractivity contribution < 1.29 is 4.79 Å². The standard InChI is InChI=1S/C13H17NOS/c1-11-6-2-3-7-12(11)16-14-13(10-15)8-4-5-9-13/h2-3,6-7,10,14H,4-5,8-9H2,1H3. The molecular weight excluding hydrogens is 218 g/mol. The van der Waals surface area contributed by atoms with Crippen LogP contribution in [0.15, 0.2) is 29.2 Å². The second kappa shape index (κ2) is 5.02. The van der Waals surface area contributed by atoms with Crippen LogP contribution in [0.1, 0.15) is 31.2 Å². The van der Waals surface area contributed by atoms with E-state index in [9.17, 15) is 4.79 Å². The average Bonchev–Trinajstić information content (AvgIpc) is 2.78. The molecule has 0 unspecified atom stereocenters. The molecule has 0 aromatic heterocycles. The van der Waals surface area contributed by atoms with Crippen LogP contribution in [-0.2, 0) is 4.79 Å². The first kappa shape index (κ1) is 11.7. The number of hydrogen-bond donors (Lipinski definition) is 1. The van der Waals surface area contributed by atoms with Gasteiger partial charge in [0, 0.05) is 4.90 Å². The van der Waals surface area contributed by atoms with Crippen molar-refractivity contribution >= 4 is 18.2 Å². The summed E-state index contributed by atoms with van der Waals surface area (Å²) in [5, 5.41) is 0. The Morgan fingerprint density at radius 2 is 2.00 bits per heavy atom. The molecular formula is C13H17NOS. The van der Waals surface area contributed by atoms with E-state index in [2.05, 4.69) is 23.8 Å². The third-order valence-electron chi connectivity index (χ3n) is 3.18. The van der Waals surface area contributed by atoms with Crippen molar-refractivity contribution in [3.8, 4) is 0 Å². The highest BCUT2D eigenvalue weighted by atomic mass is 32.2. The molecule has 1 aliphatic carbocycles. The maximum Gasteiger partial charge on any atom is 0.140 e. The van der Waals surface area contributed by atoms with Gasteiger partial charge < -0.3 is 4.79 Å². The maximum atomic E-state index is 11.2. The van der Waals surface area contributed by atoms with Crippen LogP contribution in [0.3, 0.4) is 0 Å². The van der Waals surface area contributed by atoms with E-state index in [1.54, 1.807) is 11.9 Å². The van der Waals surface area contributed by atoms with Gasteiger partial charge in [0.25, 0.3) is 0 Å². The molecule has 2 nitrogen and oxygen atoms in total. The molecule has 1 N–H and O–H groups in total. The zero-order valence-corrected chi connectivity index (χ0v) is 10.3. The molecule has 0 heterocycles. The number of rotatable bonds is 4. The summed E-state index contributed by atoms with van der Waals surface area (Å²) in [6.45, 7) is 2.09. The Morgan fingerprint density at radius 3 is 2.62 bits per heavy atom. The van der Waals surface area contributed by atoms with Crippen LogP contribution in [0.2, 0.25) is 0 Å². The molecule has 0 atom stereocenters. The van der Waals surface area contributed by atoms with Gasteiger partial charge in [0.1, 0.15) is 6.29 Å². The van der Waals surface area contributed by atoms with E-state index in [-0.39, 0.29) is 5.54 Å². The number of aldehydes is 1.